The first-order valence-corrected chi connectivity index (χ1v) is 5.80. The molecule has 0 aliphatic rings. The quantitative estimate of drug-likeness (QED) is 0.916. The predicted molar refractivity (Wildman–Crippen MR) is 71.3 cm³/mol. The fraction of sp³-hybridized carbons (Fsp3) is 0.143. The summed E-state index contributed by atoms with van der Waals surface area (Å²) in [5, 5.41) is 0. The van der Waals surface area contributed by atoms with Crippen LogP contribution >= 0.6 is 0 Å². The fourth-order valence-electron chi connectivity index (χ4n) is 1.74. The molecule has 0 unspecified atom stereocenters. The van der Waals surface area contributed by atoms with Crippen molar-refractivity contribution in [2.75, 3.05) is 11.9 Å². The lowest BCUT2D eigenvalue weighted by Crippen LogP contribution is -2.27. The van der Waals surface area contributed by atoms with Crippen LogP contribution in [0.15, 0.2) is 42.7 Å². The molecule has 0 bridgehead atoms. The smallest absolute Gasteiger partial charge is 0.261 e. The van der Waals surface area contributed by atoms with Gasteiger partial charge in [-0.05, 0) is 23.8 Å². The average Bonchev–Trinajstić information content (AvgIpc) is 2.46. The lowest BCUT2D eigenvalue weighted by molar-refractivity contribution is 0.0989. The van der Waals surface area contributed by atoms with Crippen LogP contribution < -0.4 is 10.6 Å². The van der Waals surface area contributed by atoms with E-state index >= 15 is 0 Å². The molecule has 0 aliphatic carbocycles. The van der Waals surface area contributed by atoms with E-state index in [1.54, 1.807) is 19.2 Å². The van der Waals surface area contributed by atoms with Gasteiger partial charge in [0.05, 0.1) is 11.8 Å². The first kappa shape index (κ1) is 13.2. The number of carbonyl (C=O) groups is 1. The van der Waals surface area contributed by atoms with Crippen LogP contribution in [0, 0.1) is 5.82 Å². The van der Waals surface area contributed by atoms with Crippen molar-refractivity contribution >= 4 is 11.6 Å². The van der Waals surface area contributed by atoms with Crippen molar-refractivity contribution in [2.24, 2.45) is 5.73 Å². The van der Waals surface area contributed by atoms with Crippen LogP contribution in [0.5, 0.6) is 0 Å². The molecule has 1 aromatic carbocycles. The number of carbonyl (C=O) groups excluding carboxylic acids is 1. The van der Waals surface area contributed by atoms with Crippen molar-refractivity contribution in [3.05, 3.63) is 59.7 Å². The van der Waals surface area contributed by atoms with Gasteiger partial charge in [-0.1, -0.05) is 12.1 Å². The number of hydrogen-bond donors (Lipinski definition) is 1. The number of rotatable bonds is 3. The second kappa shape index (κ2) is 5.58. The molecule has 0 radical (unpaired) electrons. The van der Waals surface area contributed by atoms with Crippen LogP contribution in [0.1, 0.15) is 15.9 Å². The molecule has 98 valence electrons. The van der Waals surface area contributed by atoms with E-state index < -0.39 is 11.7 Å². The van der Waals surface area contributed by atoms with Crippen LogP contribution in [-0.2, 0) is 6.54 Å². The minimum absolute atomic E-state index is 0.00403. The van der Waals surface area contributed by atoms with E-state index in [1.165, 1.54) is 17.2 Å². The highest BCUT2D eigenvalue weighted by atomic mass is 19.1. The molecule has 0 aliphatic heterocycles. The number of benzene rings is 1. The van der Waals surface area contributed by atoms with Crippen molar-refractivity contribution in [1.29, 1.82) is 0 Å². The number of halogens is 1. The van der Waals surface area contributed by atoms with Gasteiger partial charge < -0.3 is 10.6 Å². The maximum Gasteiger partial charge on any atom is 0.261 e. The average molecular weight is 259 g/mol. The van der Waals surface area contributed by atoms with Gasteiger partial charge in [-0.15, -0.1) is 0 Å². The van der Waals surface area contributed by atoms with Gasteiger partial charge in [-0.25, -0.2) is 4.39 Å². The minimum Gasteiger partial charge on any atom is -0.326 e. The summed E-state index contributed by atoms with van der Waals surface area (Å²) >= 11 is 0. The largest absolute Gasteiger partial charge is 0.326 e. The first-order valence-electron chi connectivity index (χ1n) is 5.80. The molecule has 0 saturated carbocycles. The summed E-state index contributed by atoms with van der Waals surface area (Å²) in [7, 11) is 1.60. The maximum absolute atomic E-state index is 13.5. The topological polar surface area (TPSA) is 59.2 Å². The van der Waals surface area contributed by atoms with Gasteiger partial charge >= 0.3 is 0 Å². The Morgan fingerprint density at radius 2 is 2.21 bits per heavy atom. The number of anilines is 1. The van der Waals surface area contributed by atoms with Gasteiger partial charge in [0.15, 0.2) is 5.82 Å². The number of hydrogen-bond acceptors (Lipinski definition) is 3. The number of pyridine rings is 1. The maximum atomic E-state index is 13.5. The molecule has 0 atom stereocenters. The Balaban J connectivity index is 2.31. The molecule has 2 N–H and O–H groups in total. The Hall–Kier alpha value is -2.27. The Labute approximate surface area is 110 Å². The van der Waals surface area contributed by atoms with Gasteiger partial charge in [0.1, 0.15) is 0 Å². The van der Waals surface area contributed by atoms with Crippen LogP contribution in [-0.4, -0.2) is 17.9 Å². The van der Waals surface area contributed by atoms with Crippen molar-refractivity contribution in [1.82, 2.24) is 4.98 Å². The van der Waals surface area contributed by atoms with Crippen molar-refractivity contribution < 1.29 is 9.18 Å². The minimum atomic E-state index is -0.630. The third-order valence-corrected chi connectivity index (χ3v) is 2.84. The first-order chi connectivity index (χ1) is 9.13. The monoisotopic (exact) mass is 259 g/mol. The molecular formula is C14H14FN3O. The lowest BCUT2D eigenvalue weighted by atomic mass is 10.1. The summed E-state index contributed by atoms with van der Waals surface area (Å²) in [6.45, 7) is 0.388. The summed E-state index contributed by atoms with van der Waals surface area (Å²) in [5.74, 6) is -1.05. The highest BCUT2D eigenvalue weighted by molar-refractivity contribution is 6.05. The molecule has 2 rings (SSSR count). The number of nitrogens with zero attached hydrogens (tertiary/aromatic N) is 2. The zero-order valence-electron chi connectivity index (χ0n) is 10.5. The number of amides is 1. The van der Waals surface area contributed by atoms with Gasteiger partial charge in [0, 0.05) is 25.5 Å². The molecule has 4 nitrogen and oxygen atoms in total. The van der Waals surface area contributed by atoms with Gasteiger partial charge in [-0.2, -0.15) is 0 Å². The summed E-state index contributed by atoms with van der Waals surface area (Å²) in [4.78, 5) is 17.2. The normalized spacial score (nSPS) is 10.3. The highest BCUT2D eigenvalue weighted by Gasteiger charge is 2.17. The second-order valence-electron chi connectivity index (χ2n) is 4.09. The summed E-state index contributed by atoms with van der Waals surface area (Å²) in [6, 6.07) is 8.62. The summed E-state index contributed by atoms with van der Waals surface area (Å²) in [6.07, 6.45) is 2.41. The zero-order valence-corrected chi connectivity index (χ0v) is 10.5. The standard InChI is InChI=1S/C14H14FN3O/c1-18(11-4-2-3-10(7-11)8-16)14(19)12-5-6-17-9-13(12)15/h2-7,9H,8,16H2,1H3. The summed E-state index contributed by atoms with van der Waals surface area (Å²) in [5.41, 5.74) is 7.13. The van der Waals surface area contributed by atoms with E-state index in [4.69, 9.17) is 5.73 Å². The third-order valence-electron chi connectivity index (χ3n) is 2.84. The molecular weight excluding hydrogens is 245 g/mol. The van der Waals surface area contributed by atoms with Crippen molar-refractivity contribution in [2.45, 2.75) is 6.54 Å². The summed E-state index contributed by atoms with van der Waals surface area (Å²) < 4.78 is 13.5. The fourth-order valence-corrected chi connectivity index (χ4v) is 1.74. The molecule has 0 fully saturated rings. The highest BCUT2D eigenvalue weighted by Crippen LogP contribution is 2.18. The van der Waals surface area contributed by atoms with Crippen molar-refractivity contribution in [3.8, 4) is 0 Å². The SMILES string of the molecule is CN(C(=O)c1ccncc1F)c1cccc(CN)c1. The van der Waals surface area contributed by atoms with E-state index in [0.29, 0.717) is 12.2 Å². The van der Waals surface area contributed by atoms with Crippen LogP contribution in [0.3, 0.4) is 0 Å². The van der Waals surface area contributed by atoms with Crippen LogP contribution in [0.4, 0.5) is 10.1 Å². The van der Waals surface area contributed by atoms with Crippen molar-refractivity contribution in [3.63, 3.8) is 0 Å². The molecule has 5 heteroatoms. The second-order valence-corrected chi connectivity index (χ2v) is 4.09. The Morgan fingerprint density at radius 1 is 1.42 bits per heavy atom. The zero-order chi connectivity index (χ0) is 13.8. The molecule has 1 aromatic heterocycles. The van der Waals surface area contributed by atoms with Crippen LogP contribution in [0.25, 0.3) is 0 Å². The molecule has 0 saturated heterocycles. The Bertz CT molecular complexity index is 601. The van der Waals surface area contributed by atoms with E-state index in [2.05, 4.69) is 4.98 Å². The van der Waals surface area contributed by atoms with E-state index in [0.717, 1.165) is 11.8 Å². The van der Waals surface area contributed by atoms with E-state index in [1.807, 2.05) is 12.1 Å². The molecule has 0 spiro atoms. The third kappa shape index (κ3) is 2.77. The Kier molecular flexibility index (Phi) is 3.87. The van der Waals surface area contributed by atoms with Gasteiger partial charge in [0.2, 0.25) is 0 Å². The molecule has 2 aromatic rings. The molecule has 19 heavy (non-hydrogen) atoms. The molecule has 1 heterocycles. The predicted octanol–water partition coefficient (Wildman–Crippen LogP) is 1.96. The lowest BCUT2D eigenvalue weighted by Gasteiger charge is -2.18. The van der Waals surface area contributed by atoms with Gasteiger partial charge in [-0.3, -0.25) is 9.78 Å². The van der Waals surface area contributed by atoms with Gasteiger partial charge in [0.25, 0.3) is 5.91 Å². The van der Waals surface area contributed by atoms with E-state index in [-0.39, 0.29) is 5.56 Å². The Morgan fingerprint density at radius 3 is 2.89 bits per heavy atom. The number of nitrogens with two attached hydrogens (primary N) is 1. The molecule has 1 amide bonds. The van der Waals surface area contributed by atoms with E-state index in [9.17, 15) is 9.18 Å². The number of aromatic nitrogens is 1. The van der Waals surface area contributed by atoms with Crippen LogP contribution in [0.2, 0.25) is 0 Å².